The van der Waals surface area contributed by atoms with Crippen molar-refractivity contribution in [2.45, 2.75) is 39.4 Å². The number of halogens is 1. The van der Waals surface area contributed by atoms with Crippen LogP contribution in [0.1, 0.15) is 33.1 Å². The van der Waals surface area contributed by atoms with Crippen molar-refractivity contribution < 1.29 is 14.3 Å². The summed E-state index contributed by atoms with van der Waals surface area (Å²) in [4.78, 5) is 11.0. The quantitative estimate of drug-likeness (QED) is 0.302. The molecule has 0 aromatic rings. The van der Waals surface area contributed by atoms with Gasteiger partial charge in [-0.1, -0.05) is 29.3 Å². The van der Waals surface area contributed by atoms with E-state index in [2.05, 4.69) is 22.9 Å². The SMILES string of the molecule is CCCCOC(C)OC(=O)CCBr. The van der Waals surface area contributed by atoms with Crippen molar-refractivity contribution in [1.29, 1.82) is 0 Å². The van der Waals surface area contributed by atoms with Gasteiger partial charge in [0.2, 0.25) is 0 Å². The van der Waals surface area contributed by atoms with E-state index in [1.165, 1.54) is 0 Å². The summed E-state index contributed by atoms with van der Waals surface area (Å²) in [6.45, 7) is 4.48. The molecule has 0 N–H and O–H groups in total. The lowest BCUT2D eigenvalue weighted by atomic mass is 10.4. The molecule has 1 atom stereocenters. The van der Waals surface area contributed by atoms with Crippen LogP contribution in [-0.4, -0.2) is 24.2 Å². The Bertz CT molecular complexity index is 139. The highest BCUT2D eigenvalue weighted by Gasteiger charge is 2.07. The van der Waals surface area contributed by atoms with E-state index in [0.29, 0.717) is 18.4 Å². The van der Waals surface area contributed by atoms with Gasteiger partial charge in [0.15, 0.2) is 6.29 Å². The Kier molecular flexibility index (Phi) is 8.45. The zero-order valence-corrected chi connectivity index (χ0v) is 9.80. The summed E-state index contributed by atoms with van der Waals surface area (Å²) in [5.41, 5.74) is 0. The molecule has 0 bridgehead atoms. The number of rotatable bonds is 7. The molecule has 13 heavy (non-hydrogen) atoms. The molecule has 0 fully saturated rings. The van der Waals surface area contributed by atoms with Crippen LogP contribution in [0.25, 0.3) is 0 Å². The summed E-state index contributed by atoms with van der Waals surface area (Å²) in [7, 11) is 0. The van der Waals surface area contributed by atoms with Crippen LogP contribution in [0, 0.1) is 0 Å². The molecule has 0 spiro atoms. The lowest BCUT2D eigenvalue weighted by Crippen LogP contribution is -2.18. The first kappa shape index (κ1) is 12.9. The smallest absolute Gasteiger partial charge is 0.308 e. The fraction of sp³-hybridized carbons (Fsp3) is 0.889. The number of esters is 1. The first-order chi connectivity index (χ1) is 6.20. The Morgan fingerprint density at radius 3 is 2.77 bits per heavy atom. The van der Waals surface area contributed by atoms with Crippen LogP contribution in [0.15, 0.2) is 0 Å². The van der Waals surface area contributed by atoms with Gasteiger partial charge >= 0.3 is 5.97 Å². The number of carbonyl (C=O) groups excluding carboxylic acids is 1. The summed E-state index contributed by atoms with van der Waals surface area (Å²) in [6, 6.07) is 0. The van der Waals surface area contributed by atoms with E-state index in [1.54, 1.807) is 6.92 Å². The van der Waals surface area contributed by atoms with Crippen molar-refractivity contribution >= 4 is 21.9 Å². The second-order valence-corrected chi connectivity index (χ2v) is 3.51. The van der Waals surface area contributed by atoms with E-state index in [1.807, 2.05) is 0 Å². The number of hydrogen-bond donors (Lipinski definition) is 0. The zero-order valence-electron chi connectivity index (χ0n) is 8.22. The molecule has 0 amide bonds. The molecule has 78 valence electrons. The first-order valence-corrected chi connectivity index (χ1v) is 5.70. The summed E-state index contributed by atoms with van der Waals surface area (Å²) < 4.78 is 10.2. The van der Waals surface area contributed by atoms with Crippen molar-refractivity contribution in [2.75, 3.05) is 11.9 Å². The third kappa shape index (κ3) is 8.25. The minimum Gasteiger partial charge on any atom is -0.436 e. The van der Waals surface area contributed by atoms with E-state index in [4.69, 9.17) is 9.47 Å². The van der Waals surface area contributed by atoms with E-state index < -0.39 is 6.29 Å². The molecule has 0 saturated heterocycles. The van der Waals surface area contributed by atoms with Gasteiger partial charge in [0, 0.05) is 5.33 Å². The number of alkyl halides is 1. The largest absolute Gasteiger partial charge is 0.436 e. The average molecular weight is 253 g/mol. The highest BCUT2D eigenvalue weighted by molar-refractivity contribution is 9.09. The highest BCUT2D eigenvalue weighted by atomic mass is 79.9. The number of carbonyl (C=O) groups is 1. The normalized spacial score (nSPS) is 12.5. The third-order valence-electron chi connectivity index (χ3n) is 1.45. The van der Waals surface area contributed by atoms with Gasteiger partial charge in [-0.2, -0.15) is 0 Å². The van der Waals surface area contributed by atoms with Gasteiger partial charge in [-0.3, -0.25) is 4.79 Å². The number of ether oxygens (including phenoxy) is 2. The Morgan fingerprint density at radius 2 is 2.23 bits per heavy atom. The van der Waals surface area contributed by atoms with Crippen LogP contribution in [0.3, 0.4) is 0 Å². The molecule has 0 saturated carbocycles. The van der Waals surface area contributed by atoms with Crippen LogP contribution in [-0.2, 0) is 14.3 Å². The maximum atomic E-state index is 11.0. The Hall–Kier alpha value is -0.0900. The van der Waals surface area contributed by atoms with E-state index in [0.717, 1.165) is 12.8 Å². The van der Waals surface area contributed by atoms with Gasteiger partial charge < -0.3 is 9.47 Å². The Labute approximate surface area is 87.9 Å². The van der Waals surface area contributed by atoms with Crippen molar-refractivity contribution in [3.63, 3.8) is 0 Å². The van der Waals surface area contributed by atoms with Gasteiger partial charge in [0.25, 0.3) is 0 Å². The predicted octanol–water partition coefficient (Wildman–Crippen LogP) is 2.48. The van der Waals surface area contributed by atoms with Crippen molar-refractivity contribution in [3.05, 3.63) is 0 Å². The lowest BCUT2D eigenvalue weighted by molar-refractivity contribution is -0.174. The minimum absolute atomic E-state index is 0.221. The topological polar surface area (TPSA) is 35.5 Å². The van der Waals surface area contributed by atoms with Crippen LogP contribution in [0.4, 0.5) is 0 Å². The molecule has 0 aliphatic rings. The zero-order chi connectivity index (χ0) is 10.1. The molecule has 0 heterocycles. The average Bonchev–Trinajstić information content (AvgIpc) is 2.05. The number of hydrogen-bond acceptors (Lipinski definition) is 3. The monoisotopic (exact) mass is 252 g/mol. The molecule has 0 aliphatic heterocycles. The molecule has 3 nitrogen and oxygen atoms in total. The molecule has 1 unspecified atom stereocenters. The van der Waals surface area contributed by atoms with E-state index >= 15 is 0 Å². The standard InChI is InChI=1S/C9H17BrO3/c1-3-4-7-12-8(2)13-9(11)5-6-10/h8H,3-7H2,1-2H3. The minimum atomic E-state index is -0.418. The van der Waals surface area contributed by atoms with Crippen molar-refractivity contribution in [3.8, 4) is 0 Å². The molecule has 0 rings (SSSR count). The van der Waals surface area contributed by atoms with Crippen LogP contribution in [0.5, 0.6) is 0 Å². The van der Waals surface area contributed by atoms with Gasteiger partial charge in [0.1, 0.15) is 0 Å². The maximum Gasteiger partial charge on any atom is 0.308 e. The van der Waals surface area contributed by atoms with Gasteiger partial charge in [-0.05, 0) is 13.3 Å². The van der Waals surface area contributed by atoms with Gasteiger partial charge in [-0.15, -0.1) is 0 Å². The lowest BCUT2D eigenvalue weighted by Gasteiger charge is -2.13. The molecular weight excluding hydrogens is 236 g/mol. The summed E-state index contributed by atoms with van der Waals surface area (Å²) in [5.74, 6) is -0.221. The van der Waals surface area contributed by atoms with Gasteiger partial charge in [0.05, 0.1) is 13.0 Å². The van der Waals surface area contributed by atoms with Crippen LogP contribution in [0.2, 0.25) is 0 Å². The number of unbranched alkanes of at least 4 members (excludes halogenated alkanes) is 1. The summed E-state index contributed by atoms with van der Waals surface area (Å²) in [5, 5.41) is 0.632. The molecule has 0 radical (unpaired) electrons. The summed E-state index contributed by atoms with van der Waals surface area (Å²) in [6.07, 6.45) is 2.06. The summed E-state index contributed by atoms with van der Waals surface area (Å²) >= 11 is 3.16. The highest BCUT2D eigenvalue weighted by Crippen LogP contribution is 2.00. The third-order valence-corrected chi connectivity index (χ3v) is 1.84. The molecule has 4 heteroatoms. The van der Waals surface area contributed by atoms with Crippen LogP contribution >= 0.6 is 15.9 Å². The molecule has 0 aromatic carbocycles. The Balaban J connectivity index is 3.38. The van der Waals surface area contributed by atoms with Crippen molar-refractivity contribution in [1.82, 2.24) is 0 Å². The van der Waals surface area contributed by atoms with E-state index in [-0.39, 0.29) is 5.97 Å². The Morgan fingerprint density at radius 1 is 1.54 bits per heavy atom. The van der Waals surface area contributed by atoms with E-state index in [9.17, 15) is 4.79 Å². The fourth-order valence-electron chi connectivity index (χ4n) is 0.749. The first-order valence-electron chi connectivity index (χ1n) is 4.57. The second-order valence-electron chi connectivity index (χ2n) is 2.72. The maximum absolute atomic E-state index is 11.0. The van der Waals surface area contributed by atoms with Gasteiger partial charge in [-0.25, -0.2) is 0 Å². The predicted molar refractivity (Wildman–Crippen MR) is 54.8 cm³/mol. The fourth-order valence-corrected chi connectivity index (χ4v) is 1.07. The van der Waals surface area contributed by atoms with Crippen LogP contribution < -0.4 is 0 Å². The molecule has 0 aromatic heterocycles. The second kappa shape index (κ2) is 8.51. The molecular formula is C9H17BrO3. The molecule has 0 aliphatic carbocycles. The van der Waals surface area contributed by atoms with Crippen molar-refractivity contribution in [2.24, 2.45) is 0 Å².